The van der Waals surface area contributed by atoms with Crippen molar-refractivity contribution >= 4 is 17.5 Å². The minimum absolute atomic E-state index is 0.0483. The average Bonchev–Trinajstić information content (AvgIpc) is 3.30. The Bertz CT molecular complexity index is 1080. The molecule has 0 N–H and O–H groups in total. The van der Waals surface area contributed by atoms with Gasteiger partial charge in [0.05, 0.1) is 16.7 Å². The molecule has 0 amide bonds. The van der Waals surface area contributed by atoms with Crippen LogP contribution in [0.1, 0.15) is 40.1 Å². The molecule has 0 aliphatic carbocycles. The highest BCUT2D eigenvalue weighted by Gasteiger charge is 2.12. The topological polar surface area (TPSA) is 100 Å². The number of rotatable bonds is 8. The lowest BCUT2D eigenvalue weighted by Gasteiger charge is -2.05. The largest absolute Gasteiger partial charge is 0.486 e. The van der Waals surface area contributed by atoms with Crippen molar-refractivity contribution in [1.29, 1.82) is 0 Å². The van der Waals surface area contributed by atoms with Crippen LogP contribution in [0.2, 0.25) is 0 Å². The Balaban J connectivity index is 1.61. The molecule has 29 heavy (non-hydrogen) atoms. The van der Waals surface area contributed by atoms with Crippen LogP contribution in [-0.2, 0) is 13.2 Å². The Morgan fingerprint density at radius 3 is 2.76 bits per heavy atom. The van der Waals surface area contributed by atoms with Crippen LogP contribution in [0.5, 0.6) is 5.75 Å². The number of hydrogen-bond acceptors (Lipinski definition) is 6. The monoisotopic (exact) mass is 395 g/mol. The van der Waals surface area contributed by atoms with Crippen molar-refractivity contribution in [2.45, 2.75) is 33.9 Å². The maximum atomic E-state index is 12.3. The highest BCUT2D eigenvalue weighted by molar-refractivity contribution is 6.07. The normalized spacial score (nSPS) is 11.1. The summed E-state index contributed by atoms with van der Waals surface area (Å²) in [5, 5.41) is 15.0. The van der Waals surface area contributed by atoms with Crippen molar-refractivity contribution in [2.24, 2.45) is 0 Å². The van der Waals surface area contributed by atoms with Crippen molar-refractivity contribution in [1.82, 2.24) is 9.78 Å². The Morgan fingerprint density at radius 2 is 2.10 bits per heavy atom. The zero-order chi connectivity index (χ0) is 21.0. The fraction of sp³-hybridized carbons (Fsp3) is 0.238. The fourth-order valence-electron chi connectivity index (χ4n) is 2.89. The van der Waals surface area contributed by atoms with E-state index < -0.39 is 4.92 Å². The van der Waals surface area contributed by atoms with Gasteiger partial charge in [-0.05, 0) is 57.2 Å². The maximum Gasteiger partial charge on any atom is 0.272 e. The quantitative estimate of drug-likeness (QED) is 0.241. The van der Waals surface area contributed by atoms with Crippen LogP contribution in [0.15, 0.2) is 47.0 Å². The molecular formula is C21H21N3O5. The smallest absolute Gasteiger partial charge is 0.272 e. The number of ether oxygens (including phenoxy) is 1. The molecule has 2 aromatic heterocycles. The van der Waals surface area contributed by atoms with Crippen LogP contribution in [0.3, 0.4) is 0 Å². The van der Waals surface area contributed by atoms with Gasteiger partial charge in [0.1, 0.15) is 23.9 Å². The van der Waals surface area contributed by atoms with Gasteiger partial charge < -0.3 is 9.15 Å². The van der Waals surface area contributed by atoms with Gasteiger partial charge in [0.25, 0.3) is 5.69 Å². The highest BCUT2D eigenvalue weighted by Crippen LogP contribution is 2.24. The number of furan rings is 1. The summed E-state index contributed by atoms with van der Waals surface area (Å²) in [5.41, 5.74) is 1.96. The standard InChI is InChI=1S/C21H21N3O5/c1-4-23-15(3)19(12-22-23)21(25)10-8-16-5-6-18(29-16)13-28-17-7-9-20(24(26)27)14(2)11-17/h5-12H,4,13H2,1-3H3/b10-8+. The second kappa shape index (κ2) is 8.55. The molecule has 0 radical (unpaired) electrons. The van der Waals surface area contributed by atoms with Crippen LogP contribution < -0.4 is 4.74 Å². The van der Waals surface area contributed by atoms with E-state index in [9.17, 15) is 14.9 Å². The Kier molecular flexibility index (Phi) is 5.92. The molecular weight excluding hydrogens is 374 g/mol. The number of nitro groups is 1. The SMILES string of the molecule is CCn1ncc(C(=O)/C=C/c2ccc(COc3ccc([N+](=O)[O-])c(C)c3)o2)c1C. The first-order valence-corrected chi connectivity index (χ1v) is 9.10. The van der Waals surface area contributed by atoms with Crippen molar-refractivity contribution in [2.75, 3.05) is 0 Å². The predicted octanol–water partition coefficient (Wildman–Crippen LogP) is 4.50. The van der Waals surface area contributed by atoms with Crippen molar-refractivity contribution < 1.29 is 18.9 Å². The number of benzene rings is 1. The van der Waals surface area contributed by atoms with E-state index in [0.717, 1.165) is 5.69 Å². The number of allylic oxidation sites excluding steroid dienone is 1. The van der Waals surface area contributed by atoms with Crippen LogP contribution >= 0.6 is 0 Å². The molecule has 0 saturated carbocycles. The summed E-state index contributed by atoms with van der Waals surface area (Å²) in [6.45, 7) is 6.36. The van der Waals surface area contributed by atoms with Crippen LogP contribution in [0.25, 0.3) is 6.08 Å². The predicted molar refractivity (Wildman–Crippen MR) is 107 cm³/mol. The zero-order valence-electron chi connectivity index (χ0n) is 16.4. The molecule has 8 nitrogen and oxygen atoms in total. The summed E-state index contributed by atoms with van der Waals surface area (Å²) >= 11 is 0. The molecule has 2 heterocycles. The number of ketones is 1. The van der Waals surface area contributed by atoms with Gasteiger partial charge in [-0.25, -0.2) is 0 Å². The Labute approximate surface area is 167 Å². The van der Waals surface area contributed by atoms with Gasteiger partial charge in [-0.1, -0.05) is 0 Å². The van der Waals surface area contributed by atoms with E-state index in [2.05, 4.69) is 5.10 Å². The summed E-state index contributed by atoms with van der Waals surface area (Å²) in [4.78, 5) is 22.8. The van der Waals surface area contributed by atoms with E-state index in [1.165, 1.54) is 12.1 Å². The Morgan fingerprint density at radius 1 is 1.31 bits per heavy atom. The number of nitrogens with zero attached hydrogens (tertiary/aromatic N) is 3. The Hall–Kier alpha value is -3.68. The van der Waals surface area contributed by atoms with E-state index in [1.807, 2.05) is 13.8 Å². The third-order valence-corrected chi connectivity index (χ3v) is 4.50. The number of hydrogen-bond donors (Lipinski definition) is 0. The summed E-state index contributed by atoms with van der Waals surface area (Å²) in [7, 11) is 0. The lowest BCUT2D eigenvalue weighted by Crippen LogP contribution is -2.01. The van der Waals surface area contributed by atoms with E-state index in [-0.39, 0.29) is 18.1 Å². The molecule has 0 aliphatic heterocycles. The molecule has 0 saturated heterocycles. The molecule has 0 atom stereocenters. The summed E-state index contributed by atoms with van der Waals surface area (Å²) in [5.74, 6) is 1.47. The number of aromatic nitrogens is 2. The van der Waals surface area contributed by atoms with Gasteiger partial charge in [-0.3, -0.25) is 19.6 Å². The zero-order valence-corrected chi connectivity index (χ0v) is 16.4. The van der Waals surface area contributed by atoms with Crippen molar-refractivity contribution in [3.05, 3.63) is 81.1 Å². The number of carbonyl (C=O) groups is 1. The molecule has 0 unspecified atom stereocenters. The van der Waals surface area contributed by atoms with E-state index in [4.69, 9.17) is 9.15 Å². The molecule has 3 rings (SSSR count). The average molecular weight is 395 g/mol. The van der Waals surface area contributed by atoms with Crippen LogP contribution in [-0.4, -0.2) is 20.5 Å². The lowest BCUT2D eigenvalue weighted by molar-refractivity contribution is -0.385. The number of nitro benzene ring substituents is 1. The number of carbonyl (C=O) groups excluding carboxylic acids is 1. The first-order chi connectivity index (χ1) is 13.9. The first kappa shape index (κ1) is 20.1. The molecule has 3 aromatic rings. The van der Waals surface area contributed by atoms with Gasteiger partial charge >= 0.3 is 0 Å². The van der Waals surface area contributed by atoms with E-state index >= 15 is 0 Å². The highest BCUT2D eigenvalue weighted by atomic mass is 16.6. The molecule has 8 heteroatoms. The second-order valence-corrected chi connectivity index (χ2v) is 6.46. The summed E-state index contributed by atoms with van der Waals surface area (Å²) in [6.07, 6.45) is 4.62. The van der Waals surface area contributed by atoms with E-state index in [1.54, 1.807) is 48.1 Å². The van der Waals surface area contributed by atoms with Gasteiger partial charge in [0.2, 0.25) is 0 Å². The van der Waals surface area contributed by atoms with Crippen LogP contribution in [0, 0.1) is 24.0 Å². The molecule has 0 aliphatic rings. The minimum Gasteiger partial charge on any atom is -0.486 e. The molecule has 0 bridgehead atoms. The van der Waals surface area contributed by atoms with Gasteiger partial charge in [0, 0.05) is 23.9 Å². The molecule has 0 fully saturated rings. The minimum atomic E-state index is -0.430. The third-order valence-electron chi connectivity index (χ3n) is 4.50. The van der Waals surface area contributed by atoms with Gasteiger partial charge in [-0.15, -0.1) is 0 Å². The molecule has 0 spiro atoms. The summed E-state index contributed by atoms with van der Waals surface area (Å²) < 4.78 is 13.0. The van der Waals surface area contributed by atoms with Gasteiger partial charge in [-0.2, -0.15) is 5.10 Å². The lowest BCUT2D eigenvalue weighted by atomic mass is 10.1. The fourth-order valence-corrected chi connectivity index (χ4v) is 2.89. The van der Waals surface area contributed by atoms with Gasteiger partial charge in [0.15, 0.2) is 5.78 Å². The second-order valence-electron chi connectivity index (χ2n) is 6.46. The van der Waals surface area contributed by atoms with Crippen LogP contribution in [0.4, 0.5) is 5.69 Å². The molecule has 1 aromatic carbocycles. The first-order valence-electron chi connectivity index (χ1n) is 9.10. The molecule has 150 valence electrons. The van der Waals surface area contributed by atoms with Crippen molar-refractivity contribution in [3.63, 3.8) is 0 Å². The number of aryl methyl sites for hydroxylation is 2. The van der Waals surface area contributed by atoms with Crippen molar-refractivity contribution in [3.8, 4) is 5.75 Å². The maximum absolute atomic E-state index is 12.3. The summed E-state index contributed by atoms with van der Waals surface area (Å²) in [6, 6.07) is 8.07. The van der Waals surface area contributed by atoms with E-state index in [0.29, 0.717) is 34.9 Å². The third kappa shape index (κ3) is 4.60.